The monoisotopic (exact) mass is 252 g/mol. The van der Waals surface area contributed by atoms with E-state index in [1.807, 2.05) is 11.8 Å². The van der Waals surface area contributed by atoms with E-state index in [4.69, 9.17) is 4.74 Å². The highest BCUT2D eigenvalue weighted by Gasteiger charge is 2.39. The molecule has 0 atom stereocenters. The average Bonchev–Trinajstić information content (AvgIpc) is 2.28. The number of hydrogen-bond acceptors (Lipinski definition) is 3. The van der Waals surface area contributed by atoms with Crippen LogP contribution >= 0.6 is 24.4 Å². The van der Waals surface area contributed by atoms with E-state index in [0.717, 1.165) is 19.0 Å². The lowest BCUT2D eigenvalue weighted by molar-refractivity contribution is -0.0471. The summed E-state index contributed by atoms with van der Waals surface area (Å²) in [4.78, 5) is 1.48. The molecule has 1 nitrogen and oxygen atoms in total. The summed E-state index contributed by atoms with van der Waals surface area (Å²) < 4.78 is 5.37. The van der Waals surface area contributed by atoms with E-state index in [2.05, 4.69) is 30.8 Å². The molecule has 2 heterocycles. The van der Waals surface area contributed by atoms with Gasteiger partial charge in [-0.1, -0.05) is 12.1 Å². The summed E-state index contributed by atoms with van der Waals surface area (Å²) in [7, 11) is 0. The van der Waals surface area contributed by atoms with Crippen molar-refractivity contribution in [1.29, 1.82) is 0 Å². The zero-order chi connectivity index (χ0) is 11.0. The molecule has 0 unspecified atom stereocenters. The van der Waals surface area contributed by atoms with Crippen LogP contribution in [0.4, 0.5) is 0 Å². The number of hydrogen-bond donors (Lipinski definition) is 1. The van der Waals surface area contributed by atoms with E-state index < -0.39 is 0 Å². The van der Waals surface area contributed by atoms with Gasteiger partial charge in [0.05, 0.1) is 18.6 Å². The SMILES string of the molecule is SCC1(c2ccc3c(c2)CCCS3)COC1. The second kappa shape index (κ2) is 4.28. The van der Waals surface area contributed by atoms with Crippen molar-refractivity contribution in [2.24, 2.45) is 0 Å². The number of thioether (sulfide) groups is 1. The van der Waals surface area contributed by atoms with Gasteiger partial charge in [0.25, 0.3) is 0 Å². The summed E-state index contributed by atoms with van der Waals surface area (Å²) in [6.07, 6.45) is 2.55. The Morgan fingerprint density at radius 2 is 2.25 bits per heavy atom. The highest BCUT2D eigenvalue weighted by Crippen LogP contribution is 2.37. The van der Waals surface area contributed by atoms with Gasteiger partial charge in [0.1, 0.15) is 0 Å². The molecule has 1 saturated heterocycles. The Labute approximate surface area is 106 Å². The van der Waals surface area contributed by atoms with Crippen LogP contribution in [-0.2, 0) is 16.6 Å². The molecule has 1 aromatic rings. The van der Waals surface area contributed by atoms with Crippen molar-refractivity contribution in [3.8, 4) is 0 Å². The molecule has 3 heteroatoms. The third kappa shape index (κ3) is 1.69. The quantitative estimate of drug-likeness (QED) is 0.810. The Morgan fingerprint density at radius 3 is 2.94 bits per heavy atom. The van der Waals surface area contributed by atoms with Crippen LogP contribution in [0.15, 0.2) is 23.1 Å². The van der Waals surface area contributed by atoms with Crippen molar-refractivity contribution in [2.75, 3.05) is 24.7 Å². The molecule has 0 radical (unpaired) electrons. The van der Waals surface area contributed by atoms with Gasteiger partial charge in [-0.25, -0.2) is 0 Å². The van der Waals surface area contributed by atoms with Crippen LogP contribution in [0, 0.1) is 0 Å². The Balaban J connectivity index is 1.96. The predicted octanol–water partition coefficient (Wildman–Crippen LogP) is 2.92. The number of benzene rings is 1. The fraction of sp³-hybridized carbons (Fsp3) is 0.538. The summed E-state index contributed by atoms with van der Waals surface area (Å²) in [6, 6.07) is 6.95. The average molecular weight is 252 g/mol. The molecule has 1 aromatic carbocycles. The Hall–Kier alpha value is -0.120. The summed E-state index contributed by atoms with van der Waals surface area (Å²) in [5, 5.41) is 0. The zero-order valence-corrected chi connectivity index (χ0v) is 10.9. The van der Waals surface area contributed by atoms with Gasteiger partial charge in [0, 0.05) is 10.6 Å². The maximum Gasteiger partial charge on any atom is 0.0593 e. The minimum atomic E-state index is 0.195. The van der Waals surface area contributed by atoms with E-state index in [9.17, 15) is 0 Å². The standard InChI is InChI=1S/C13H16OS2/c15-9-13(7-14-8-13)11-3-4-12-10(6-11)2-1-5-16-12/h3-4,6,15H,1-2,5,7-9H2. The molecule has 0 N–H and O–H groups in total. The molecule has 0 spiro atoms. The topological polar surface area (TPSA) is 9.23 Å². The molecule has 2 aliphatic rings. The molecule has 0 amide bonds. The summed E-state index contributed by atoms with van der Waals surface area (Å²) in [5.74, 6) is 2.16. The second-order valence-corrected chi connectivity index (χ2v) is 6.16. The lowest BCUT2D eigenvalue weighted by Crippen LogP contribution is -2.48. The fourth-order valence-corrected chi connectivity index (χ4v) is 3.77. The lowest BCUT2D eigenvalue weighted by Gasteiger charge is -2.41. The Bertz CT molecular complexity index is 393. The third-order valence-corrected chi connectivity index (χ3v) is 5.39. The van der Waals surface area contributed by atoms with Gasteiger partial charge in [-0.15, -0.1) is 11.8 Å². The smallest absolute Gasteiger partial charge is 0.0593 e. The molecule has 1 fully saturated rings. The molecule has 86 valence electrons. The van der Waals surface area contributed by atoms with Crippen LogP contribution in [-0.4, -0.2) is 24.7 Å². The maximum atomic E-state index is 5.37. The highest BCUT2D eigenvalue weighted by molar-refractivity contribution is 7.99. The van der Waals surface area contributed by atoms with Crippen LogP contribution in [0.3, 0.4) is 0 Å². The van der Waals surface area contributed by atoms with Gasteiger partial charge in [-0.2, -0.15) is 12.6 Å². The van der Waals surface area contributed by atoms with E-state index in [1.54, 1.807) is 0 Å². The molecular weight excluding hydrogens is 236 g/mol. The molecule has 0 bridgehead atoms. The first-order valence-corrected chi connectivity index (χ1v) is 7.41. The number of rotatable bonds is 2. The Morgan fingerprint density at radius 1 is 1.38 bits per heavy atom. The van der Waals surface area contributed by atoms with Gasteiger partial charge in [0.15, 0.2) is 0 Å². The van der Waals surface area contributed by atoms with Gasteiger partial charge in [0.2, 0.25) is 0 Å². The fourth-order valence-electron chi connectivity index (χ4n) is 2.39. The predicted molar refractivity (Wildman–Crippen MR) is 71.8 cm³/mol. The minimum absolute atomic E-state index is 0.195. The van der Waals surface area contributed by atoms with Crippen LogP contribution in [0.5, 0.6) is 0 Å². The largest absolute Gasteiger partial charge is 0.379 e. The molecule has 3 rings (SSSR count). The molecule has 0 saturated carbocycles. The lowest BCUT2D eigenvalue weighted by atomic mass is 9.79. The second-order valence-electron chi connectivity index (χ2n) is 4.71. The van der Waals surface area contributed by atoms with Crippen LogP contribution in [0.2, 0.25) is 0 Å². The van der Waals surface area contributed by atoms with E-state index in [1.165, 1.54) is 34.6 Å². The summed E-state index contributed by atoms with van der Waals surface area (Å²) in [6.45, 7) is 1.67. The molecule has 0 aromatic heterocycles. The van der Waals surface area contributed by atoms with Crippen molar-refractivity contribution >= 4 is 24.4 Å². The van der Waals surface area contributed by atoms with E-state index >= 15 is 0 Å². The van der Waals surface area contributed by atoms with Crippen LogP contribution in [0.1, 0.15) is 17.5 Å². The molecular formula is C13H16OS2. The number of thiol groups is 1. The van der Waals surface area contributed by atoms with Crippen molar-refractivity contribution in [2.45, 2.75) is 23.2 Å². The Kier molecular flexibility index (Phi) is 2.94. The van der Waals surface area contributed by atoms with Crippen molar-refractivity contribution in [3.63, 3.8) is 0 Å². The molecule has 2 aliphatic heterocycles. The van der Waals surface area contributed by atoms with E-state index in [-0.39, 0.29) is 5.41 Å². The zero-order valence-electron chi connectivity index (χ0n) is 9.24. The van der Waals surface area contributed by atoms with Gasteiger partial charge < -0.3 is 4.74 Å². The normalized spacial score (nSPS) is 22.3. The van der Waals surface area contributed by atoms with Crippen molar-refractivity contribution < 1.29 is 4.74 Å². The summed E-state index contributed by atoms with van der Waals surface area (Å²) >= 11 is 6.48. The van der Waals surface area contributed by atoms with Gasteiger partial charge in [-0.3, -0.25) is 0 Å². The van der Waals surface area contributed by atoms with E-state index in [0.29, 0.717) is 0 Å². The number of fused-ring (bicyclic) bond motifs is 1. The first-order chi connectivity index (χ1) is 7.84. The third-order valence-electron chi connectivity index (χ3n) is 3.58. The number of ether oxygens (including phenoxy) is 1. The number of aryl methyl sites for hydroxylation is 1. The van der Waals surface area contributed by atoms with Crippen molar-refractivity contribution in [1.82, 2.24) is 0 Å². The summed E-state index contributed by atoms with van der Waals surface area (Å²) in [5.41, 5.74) is 3.15. The van der Waals surface area contributed by atoms with Crippen LogP contribution < -0.4 is 0 Å². The minimum Gasteiger partial charge on any atom is -0.379 e. The molecule has 0 aliphatic carbocycles. The van der Waals surface area contributed by atoms with Gasteiger partial charge >= 0.3 is 0 Å². The molecule has 16 heavy (non-hydrogen) atoms. The first kappa shape index (κ1) is 11.0. The maximum absolute atomic E-state index is 5.37. The van der Waals surface area contributed by atoms with Crippen molar-refractivity contribution in [3.05, 3.63) is 29.3 Å². The highest BCUT2D eigenvalue weighted by atomic mass is 32.2. The van der Waals surface area contributed by atoms with Crippen LogP contribution in [0.25, 0.3) is 0 Å². The van der Waals surface area contributed by atoms with Gasteiger partial charge in [-0.05, 0) is 35.8 Å². The first-order valence-electron chi connectivity index (χ1n) is 5.79.